The summed E-state index contributed by atoms with van der Waals surface area (Å²) in [7, 11) is 0. The summed E-state index contributed by atoms with van der Waals surface area (Å²) in [5.74, 6) is -1.55. The minimum atomic E-state index is -1.04. The Morgan fingerprint density at radius 2 is 1.95 bits per heavy atom. The Bertz CT molecular complexity index is 781. The predicted molar refractivity (Wildman–Crippen MR) is 79.6 cm³/mol. The van der Waals surface area contributed by atoms with E-state index < -0.39 is 23.4 Å². The van der Waals surface area contributed by atoms with Crippen LogP contribution in [0.5, 0.6) is 0 Å². The lowest BCUT2D eigenvalue weighted by Crippen LogP contribution is -2.33. The minimum absolute atomic E-state index is 0.0211. The third-order valence-corrected chi connectivity index (χ3v) is 3.36. The van der Waals surface area contributed by atoms with E-state index in [-0.39, 0.29) is 36.1 Å². The number of hydrogen-bond acceptors (Lipinski definition) is 6. The molecule has 5 N–H and O–H groups in total. The summed E-state index contributed by atoms with van der Waals surface area (Å²) in [6.07, 6.45) is -0.253. The Hall–Kier alpha value is -2.51. The van der Waals surface area contributed by atoms with Gasteiger partial charge >= 0.3 is 11.6 Å². The highest BCUT2D eigenvalue weighted by atomic mass is 16.4. The van der Waals surface area contributed by atoms with Crippen molar-refractivity contribution in [2.75, 3.05) is 0 Å². The van der Waals surface area contributed by atoms with Crippen LogP contribution in [0.15, 0.2) is 33.5 Å². The van der Waals surface area contributed by atoms with Crippen LogP contribution in [-0.2, 0) is 11.3 Å². The first kappa shape index (κ1) is 15.9. The number of para-hydroxylation sites is 1. The van der Waals surface area contributed by atoms with Crippen LogP contribution in [0.1, 0.15) is 28.8 Å². The molecule has 0 amide bonds. The number of carbonyl (C=O) groups excluding carboxylic acids is 1. The molecular weight excluding hydrogens is 288 g/mol. The fourth-order valence-corrected chi connectivity index (χ4v) is 2.25. The number of carboxylic acid groups (broad SMARTS) is 1. The van der Waals surface area contributed by atoms with Crippen molar-refractivity contribution in [2.24, 2.45) is 11.5 Å². The molecule has 0 saturated heterocycles. The van der Waals surface area contributed by atoms with E-state index in [2.05, 4.69) is 0 Å². The van der Waals surface area contributed by atoms with E-state index in [4.69, 9.17) is 21.0 Å². The molecule has 1 aromatic heterocycles. The zero-order chi connectivity index (χ0) is 16.3. The number of carbonyl (C=O) groups is 2. The molecule has 1 aromatic carbocycles. The molecule has 0 unspecified atom stereocenters. The highest BCUT2D eigenvalue weighted by Gasteiger charge is 2.24. The molecule has 0 aliphatic rings. The van der Waals surface area contributed by atoms with Crippen LogP contribution in [0, 0.1) is 0 Å². The molecular formula is C15H16N2O5. The zero-order valence-electron chi connectivity index (χ0n) is 11.7. The minimum Gasteiger partial charge on any atom is -0.481 e. The second kappa shape index (κ2) is 6.50. The van der Waals surface area contributed by atoms with Crippen LogP contribution in [0.4, 0.5) is 0 Å². The van der Waals surface area contributed by atoms with E-state index in [0.29, 0.717) is 5.39 Å². The van der Waals surface area contributed by atoms with E-state index in [0.717, 1.165) is 0 Å². The maximum absolute atomic E-state index is 12.5. The average molecular weight is 304 g/mol. The molecule has 116 valence electrons. The molecule has 2 aromatic rings. The monoisotopic (exact) mass is 304 g/mol. The number of carboxylic acids is 1. The van der Waals surface area contributed by atoms with Gasteiger partial charge in [0.15, 0.2) is 5.78 Å². The van der Waals surface area contributed by atoms with Crippen molar-refractivity contribution in [1.82, 2.24) is 0 Å². The number of nitrogens with two attached hydrogens (primary N) is 2. The van der Waals surface area contributed by atoms with E-state index in [1.165, 1.54) is 0 Å². The lowest BCUT2D eigenvalue weighted by molar-refractivity contribution is -0.137. The molecule has 7 nitrogen and oxygen atoms in total. The average Bonchev–Trinajstić information content (AvgIpc) is 2.50. The number of aliphatic carboxylic acids is 1. The maximum Gasteiger partial charge on any atom is 0.341 e. The van der Waals surface area contributed by atoms with Crippen molar-refractivity contribution in [2.45, 2.75) is 25.4 Å². The van der Waals surface area contributed by atoms with Gasteiger partial charge in [-0.05, 0) is 12.5 Å². The quantitative estimate of drug-likeness (QED) is 0.525. The van der Waals surface area contributed by atoms with E-state index in [9.17, 15) is 14.4 Å². The van der Waals surface area contributed by atoms with Gasteiger partial charge in [-0.3, -0.25) is 9.59 Å². The molecule has 1 atom stereocenters. The predicted octanol–water partition coefficient (Wildman–Crippen LogP) is 0.626. The number of fused-ring (bicyclic) bond motifs is 1. The van der Waals surface area contributed by atoms with Gasteiger partial charge in [0.2, 0.25) is 0 Å². The van der Waals surface area contributed by atoms with Gasteiger partial charge in [0, 0.05) is 23.9 Å². The molecule has 22 heavy (non-hydrogen) atoms. The largest absolute Gasteiger partial charge is 0.481 e. The number of rotatable bonds is 6. The molecule has 0 fully saturated rings. The van der Waals surface area contributed by atoms with Gasteiger partial charge in [-0.2, -0.15) is 0 Å². The summed E-state index contributed by atoms with van der Waals surface area (Å²) in [6.45, 7) is -0.167. The van der Waals surface area contributed by atoms with Gasteiger partial charge in [-0.1, -0.05) is 18.2 Å². The second-order valence-corrected chi connectivity index (χ2v) is 4.85. The van der Waals surface area contributed by atoms with Crippen LogP contribution < -0.4 is 17.1 Å². The van der Waals surface area contributed by atoms with Crippen molar-refractivity contribution in [1.29, 1.82) is 0 Å². The molecule has 0 aliphatic carbocycles. The second-order valence-electron chi connectivity index (χ2n) is 4.85. The van der Waals surface area contributed by atoms with Crippen LogP contribution in [0.2, 0.25) is 0 Å². The Morgan fingerprint density at radius 3 is 2.59 bits per heavy atom. The van der Waals surface area contributed by atoms with Gasteiger partial charge in [0.1, 0.15) is 5.58 Å². The fourth-order valence-electron chi connectivity index (χ4n) is 2.25. The van der Waals surface area contributed by atoms with Gasteiger partial charge in [0.25, 0.3) is 0 Å². The highest BCUT2D eigenvalue weighted by molar-refractivity contribution is 6.10. The molecule has 0 radical (unpaired) electrons. The number of benzene rings is 1. The molecule has 1 heterocycles. The van der Waals surface area contributed by atoms with E-state index >= 15 is 0 Å². The number of hydrogen-bond donors (Lipinski definition) is 3. The summed E-state index contributed by atoms with van der Waals surface area (Å²) >= 11 is 0. The fraction of sp³-hybridized carbons (Fsp3) is 0.267. The van der Waals surface area contributed by atoms with Crippen molar-refractivity contribution in [3.63, 3.8) is 0 Å². The smallest absolute Gasteiger partial charge is 0.341 e. The third kappa shape index (κ3) is 3.05. The Kier molecular flexibility index (Phi) is 4.69. The third-order valence-electron chi connectivity index (χ3n) is 3.36. The maximum atomic E-state index is 12.5. The number of Topliss-reactive ketones (excluding diaryl/α,β-unsaturated/α-hetero) is 1. The topological polar surface area (TPSA) is 137 Å². The normalized spacial score (nSPS) is 12.3. The van der Waals surface area contributed by atoms with Crippen LogP contribution in [-0.4, -0.2) is 22.9 Å². The first-order chi connectivity index (χ1) is 10.5. The SMILES string of the molecule is NCc1c(C(=O)[C@@H](N)CCC(=O)O)c2ccccc2oc1=O. The molecule has 7 heteroatoms. The van der Waals surface area contributed by atoms with Gasteiger partial charge in [-0.25, -0.2) is 4.79 Å². The first-order valence-corrected chi connectivity index (χ1v) is 6.72. The van der Waals surface area contributed by atoms with Gasteiger partial charge in [-0.15, -0.1) is 0 Å². The Morgan fingerprint density at radius 1 is 1.27 bits per heavy atom. The van der Waals surface area contributed by atoms with Gasteiger partial charge < -0.3 is 21.0 Å². The zero-order valence-corrected chi connectivity index (χ0v) is 11.7. The van der Waals surface area contributed by atoms with Crippen molar-refractivity contribution >= 4 is 22.7 Å². The van der Waals surface area contributed by atoms with Crippen molar-refractivity contribution in [3.05, 3.63) is 45.8 Å². The molecule has 0 aliphatic heterocycles. The summed E-state index contributed by atoms with van der Waals surface area (Å²) in [5, 5.41) is 9.12. The molecule has 0 spiro atoms. The molecule has 2 rings (SSSR count). The lowest BCUT2D eigenvalue weighted by atomic mass is 9.94. The Balaban J connectivity index is 2.55. The molecule has 0 saturated carbocycles. The van der Waals surface area contributed by atoms with E-state index in [1.807, 2.05) is 0 Å². The van der Waals surface area contributed by atoms with Crippen molar-refractivity contribution < 1.29 is 19.1 Å². The summed E-state index contributed by atoms with van der Waals surface area (Å²) in [6, 6.07) is 5.55. The summed E-state index contributed by atoms with van der Waals surface area (Å²) in [5.41, 5.74) is 11.1. The van der Waals surface area contributed by atoms with Gasteiger partial charge in [0.05, 0.1) is 11.6 Å². The number of ketones is 1. The van der Waals surface area contributed by atoms with Crippen molar-refractivity contribution in [3.8, 4) is 0 Å². The van der Waals surface area contributed by atoms with E-state index in [1.54, 1.807) is 24.3 Å². The van der Waals surface area contributed by atoms with Crippen LogP contribution in [0.3, 0.4) is 0 Å². The highest BCUT2D eigenvalue weighted by Crippen LogP contribution is 2.21. The van der Waals surface area contributed by atoms with Crippen LogP contribution >= 0.6 is 0 Å². The summed E-state index contributed by atoms with van der Waals surface area (Å²) in [4.78, 5) is 35.1. The summed E-state index contributed by atoms with van der Waals surface area (Å²) < 4.78 is 5.13. The first-order valence-electron chi connectivity index (χ1n) is 6.72. The lowest BCUT2D eigenvalue weighted by Gasteiger charge is -2.13. The Labute approximate surface area is 125 Å². The van der Waals surface area contributed by atoms with Crippen LogP contribution in [0.25, 0.3) is 11.0 Å². The molecule has 0 bridgehead atoms. The standard InChI is InChI=1S/C15H16N2O5/c16-7-9-13(14(20)10(17)5-6-12(18)19)8-3-1-2-4-11(8)22-15(9)21/h1-4,10H,5-7,16-17H2,(H,18,19)/t10-/m0/s1.